The molecule has 5 atom stereocenters. The molecule has 1 aliphatic carbocycles. The molecule has 2 unspecified atom stereocenters. The fraction of sp³-hybridized carbons (Fsp3) is 0.760. The second-order valence-electron chi connectivity index (χ2n) is 9.80. The van der Waals surface area contributed by atoms with Gasteiger partial charge in [-0.05, 0) is 24.4 Å². The number of carbonyl (C=O) groups is 2. The van der Waals surface area contributed by atoms with Gasteiger partial charge >= 0.3 is 17.6 Å². The maximum atomic E-state index is 16.2. The van der Waals surface area contributed by atoms with Crippen LogP contribution >= 0.6 is 0 Å². The summed E-state index contributed by atoms with van der Waals surface area (Å²) in [5.74, 6) is -1.47. The fourth-order valence-corrected chi connectivity index (χ4v) is 4.91. The van der Waals surface area contributed by atoms with Gasteiger partial charge in [-0.25, -0.2) is 9.18 Å². The molecular weight excluding hydrogens is 499 g/mol. The van der Waals surface area contributed by atoms with Gasteiger partial charge in [0.05, 0.1) is 0 Å². The van der Waals surface area contributed by atoms with Crippen LogP contribution in [-0.4, -0.2) is 45.1 Å². The predicted octanol–water partition coefficient (Wildman–Crippen LogP) is 4.63. The van der Waals surface area contributed by atoms with Crippen molar-refractivity contribution >= 4 is 17.8 Å². The van der Waals surface area contributed by atoms with Crippen LogP contribution in [0.5, 0.6) is 0 Å². The summed E-state index contributed by atoms with van der Waals surface area (Å²) in [5, 5.41) is 3.61. The van der Waals surface area contributed by atoms with E-state index in [0.717, 1.165) is 55.9 Å². The molecule has 13 heteroatoms. The number of nitrogen functional groups attached to an aromatic ring is 1. The van der Waals surface area contributed by atoms with Crippen molar-refractivity contribution in [3.8, 4) is 0 Å². The summed E-state index contributed by atoms with van der Waals surface area (Å²) in [6.45, 7) is 4.15. The normalized spacial score (nSPS) is 27.3. The molecule has 3 rings (SSSR count). The van der Waals surface area contributed by atoms with Gasteiger partial charge in [-0.1, -0.05) is 70.3 Å². The average molecular weight is 537 g/mol. The number of rotatable bonds is 16. The van der Waals surface area contributed by atoms with Gasteiger partial charge in [0.25, 0.3) is 0 Å². The number of halogens is 1. The van der Waals surface area contributed by atoms with E-state index >= 15 is 4.39 Å². The second kappa shape index (κ2) is 13.1. The Morgan fingerprint density at radius 3 is 2.32 bits per heavy atom. The number of unbranched alkanes of at least 4 members (excludes halogenated alkanes) is 8. The highest BCUT2D eigenvalue weighted by Gasteiger charge is 2.94. The summed E-state index contributed by atoms with van der Waals surface area (Å²) in [7, 11) is 0. The van der Waals surface area contributed by atoms with E-state index in [1.54, 1.807) is 0 Å². The van der Waals surface area contributed by atoms with Crippen LogP contribution in [0.25, 0.3) is 10.4 Å². The summed E-state index contributed by atoms with van der Waals surface area (Å²) >= 11 is 0. The van der Waals surface area contributed by atoms with Crippen molar-refractivity contribution in [1.29, 1.82) is 0 Å². The van der Waals surface area contributed by atoms with E-state index in [4.69, 9.17) is 19.9 Å². The summed E-state index contributed by atoms with van der Waals surface area (Å²) < 4.78 is 33.8. The van der Waals surface area contributed by atoms with Crippen LogP contribution in [0.4, 0.5) is 10.2 Å². The van der Waals surface area contributed by atoms with Gasteiger partial charge < -0.3 is 19.9 Å². The summed E-state index contributed by atoms with van der Waals surface area (Å²) in [5.41, 5.74) is 9.50. The standard InChI is InChI=1S/C25H37FN6O6/c1-3-5-7-9-11-13-18(33)36-22-24(37-19(34)14-12-10-8-6-4-2)20(26)21(38-25(22,24)30-31-28)32-16-15-17(27)29-23(32)35/h15-16,20-22H,3-14H2,1-2H3,(H2,27,29,35)/t20-,21+,22?,24+,25?/m0/s1. The first-order chi connectivity index (χ1) is 18.3. The van der Waals surface area contributed by atoms with Crippen LogP contribution in [0.2, 0.25) is 0 Å². The molecule has 1 aromatic rings. The molecule has 210 valence electrons. The Balaban J connectivity index is 1.82. The fourth-order valence-electron chi connectivity index (χ4n) is 4.91. The lowest BCUT2D eigenvalue weighted by molar-refractivity contribution is -0.168. The van der Waals surface area contributed by atoms with Gasteiger partial charge in [0.1, 0.15) is 5.82 Å². The summed E-state index contributed by atoms with van der Waals surface area (Å²) in [4.78, 5) is 44.1. The number of fused-ring (bicyclic) bond motifs is 1. The number of nitrogens with zero attached hydrogens (tertiary/aromatic N) is 5. The quantitative estimate of drug-likeness (QED) is 0.105. The number of anilines is 1. The van der Waals surface area contributed by atoms with E-state index < -0.39 is 47.5 Å². The zero-order valence-corrected chi connectivity index (χ0v) is 22.0. The zero-order chi connectivity index (χ0) is 27.8. The van der Waals surface area contributed by atoms with Crippen molar-refractivity contribution in [2.24, 2.45) is 5.11 Å². The average Bonchev–Trinajstić information content (AvgIpc) is 3.29. The Morgan fingerprint density at radius 2 is 1.74 bits per heavy atom. The lowest BCUT2D eigenvalue weighted by Gasteiger charge is -2.24. The second-order valence-corrected chi connectivity index (χ2v) is 9.80. The molecule has 0 bridgehead atoms. The van der Waals surface area contributed by atoms with Crippen LogP contribution in [0.1, 0.15) is 97.1 Å². The molecular formula is C25H37FN6O6. The van der Waals surface area contributed by atoms with E-state index in [-0.39, 0.29) is 18.7 Å². The molecule has 1 aliphatic heterocycles. The van der Waals surface area contributed by atoms with E-state index in [9.17, 15) is 19.9 Å². The molecule has 1 saturated carbocycles. The van der Waals surface area contributed by atoms with Gasteiger partial charge in [0.15, 0.2) is 18.5 Å². The third-order valence-corrected chi connectivity index (χ3v) is 7.00. The van der Waals surface area contributed by atoms with Crippen molar-refractivity contribution < 1.29 is 28.2 Å². The number of hydrogen-bond donors (Lipinski definition) is 1. The number of ether oxygens (including phenoxy) is 3. The smallest absolute Gasteiger partial charge is 0.351 e. The molecule has 2 heterocycles. The molecule has 0 aromatic carbocycles. The largest absolute Gasteiger partial charge is 0.454 e. The minimum Gasteiger partial charge on any atom is -0.454 e. The Labute approximate surface area is 220 Å². The topological polar surface area (TPSA) is 171 Å². The Bertz CT molecular complexity index is 1090. The van der Waals surface area contributed by atoms with Crippen LogP contribution in [0, 0.1) is 0 Å². The number of alkyl halides is 1. The number of hydrogen-bond acceptors (Lipinski definition) is 9. The van der Waals surface area contributed by atoms with Crippen molar-refractivity contribution in [3.05, 3.63) is 33.2 Å². The summed E-state index contributed by atoms with van der Waals surface area (Å²) in [6.07, 6.45) is 4.67. The zero-order valence-electron chi connectivity index (χ0n) is 22.0. The molecule has 1 aromatic heterocycles. The number of azide groups is 1. The van der Waals surface area contributed by atoms with Crippen molar-refractivity contribution in [3.63, 3.8) is 0 Å². The van der Waals surface area contributed by atoms with E-state index in [1.165, 1.54) is 12.3 Å². The highest BCUT2D eigenvalue weighted by Crippen LogP contribution is 2.68. The van der Waals surface area contributed by atoms with Gasteiger partial charge in [-0.2, -0.15) is 4.98 Å². The van der Waals surface area contributed by atoms with E-state index in [1.807, 2.05) is 0 Å². The maximum Gasteiger partial charge on any atom is 0.351 e. The monoisotopic (exact) mass is 536 g/mol. The molecule has 0 spiro atoms. The first-order valence-electron chi connectivity index (χ1n) is 13.4. The van der Waals surface area contributed by atoms with Crippen molar-refractivity contribution in [2.45, 2.75) is 121 Å². The number of esters is 2. The Hall–Kier alpha value is -3.18. The van der Waals surface area contributed by atoms with Gasteiger partial charge in [-0.3, -0.25) is 14.2 Å². The minimum atomic E-state index is -2.23. The molecule has 38 heavy (non-hydrogen) atoms. The lowest BCUT2D eigenvalue weighted by atomic mass is 10.1. The first-order valence-corrected chi connectivity index (χ1v) is 13.4. The molecule has 2 fully saturated rings. The van der Waals surface area contributed by atoms with Crippen LogP contribution in [0.15, 0.2) is 22.2 Å². The number of carbonyl (C=O) groups excluding carboxylic acids is 2. The third-order valence-electron chi connectivity index (χ3n) is 7.00. The van der Waals surface area contributed by atoms with Gasteiger partial charge in [0.2, 0.25) is 11.3 Å². The van der Waals surface area contributed by atoms with Gasteiger partial charge in [-0.15, -0.1) is 0 Å². The minimum absolute atomic E-state index is 0.00331. The van der Waals surface area contributed by atoms with Crippen molar-refractivity contribution in [2.75, 3.05) is 5.73 Å². The Kier molecular flexibility index (Phi) is 10.1. The first kappa shape index (κ1) is 29.4. The number of aromatic nitrogens is 2. The Morgan fingerprint density at radius 1 is 1.13 bits per heavy atom. The molecule has 1 saturated heterocycles. The lowest BCUT2D eigenvalue weighted by Crippen LogP contribution is -2.41. The predicted molar refractivity (Wildman–Crippen MR) is 135 cm³/mol. The van der Waals surface area contributed by atoms with Gasteiger partial charge in [0, 0.05) is 24.0 Å². The highest BCUT2D eigenvalue weighted by molar-refractivity contribution is 5.73. The van der Waals surface area contributed by atoms with Crippen LogP contribution < -0.4 is 11.4 Å². The highest BCUT2D eigenvalue weighted by atomic mass is 19.1. The summed E-state index contributed by atoms with van der Waals surface area (Å²) in [6, 6.07) is 1.27. The molecule has 0 amide bonds. The maximum absolute atomic E-state index is 16.2. The van der Waals surface area contributed by atoms with Crippen LogP contribution in [0.3, 0.4) is 0 Å². The number of nitrogens with two attached hydrogens (primary N) is 1. The molecule has 12 nitrogen and oxygen atoms in total. The SMILES string of the molecule is CCCCCCCC(=O)OC1C2(N=[N+]=[N-])O[C@@H](n3ccc(N)nc3=O)[C@H](F)[C@@]12OC(=O)CCCCCCC. The van der Waals surface area contributed by atoms with E-state index in [0.29, 0.717) is 12.8 Å². The molecule has 2 N–H and O–H groups in total. The third kappa shape index (κ3) is 5.94. The molecule has 2 aliphatic rings. The van der Waals surface area contributed by atoms with Crippen molar-refractivity contribution in [1.82, 2.24) is 9.55 Å². The molecule has 0 radical (unpaired) electrons. The van der Waals surface area contributed by atoms with Crippen LogP contribution in [-0.2, 0) is 23.8 Å². The van der Waals surface area contributed by atoms with E-state index in [2.05, 4.69) is 28.9 Å².